The Balaban J connectivity index is 1.34. The smallest absolute Gasteiger partial charge is 0.243 e. The first-order valence-electron chi connectivity index (χ1n) is 11.4. The number of nitrogens with one attached hydrogen (secondary N) is 2. The molecule has 3 saturated heterocycles. The van der Waals surface area contributed by atoms with E-state index in [1.807, 2.05) is 18.2 Å². The third kappa shape index (κ3) is 3.90. The predicted octanol–water partition coefficient (Wildman–Crippen LogP) is -0.794. The molecule has 0 aliphatic carbocycles. The summed E-state index contributed by atoms with van der Waals surface area (Å²) < 4.78 is 0. The van der Waals surface area contributed by atoms with Crippen LogP contribution in [-0.2, 0) is 32.3 Å². The average molecular weight is 440 g/mol. The van der Waals surface area contributed by atoms with Gasteiger partial charge in [0.15, 0.2) is 6.29 Å². The van der Waals surface area contributed by atoms with Gasteiger partial charge < -0.3 is 5.32 Å². The van der Waals surface area contributed by atoms with Crippen LogP contribution < -0.4 is 10.6 Å². The van der Waals surface area contributed by atoms with Gasteiger partial charge in [0.2, 0.25) is 17.6 Å². The first-order chi connectivity index (χ1) is 15.5. The van der Waals surface area contributed by atoms with Crippen LogP contribution in [0.25, 0.3) is 0 Å². The number of likely N-dealkylation sites (tertiary alicyclic amines) is 1. The molecule has 3 fully saturated rings. The van der Waals surface area contributed by atoms with Crippen molar-refractivity contribution < 1.29 is 19.2 Å². The number of rotatable bonds is 6. The zero-order valence-electron chi connectivity index (χ0n) is 18.1. The Kier molecular flexibility index (Phi) is 5.90. The zero-order valence-corrected chi connectivity index (χ0v) is 18.1. The molecule has 9 heteroatoms. The average Bonchev–Trinajstić information content (AvgIpc) is 3.16. The van der Waals surface area contributed by atoms with Gasteiger partial charge in [0.1, 0.15) is 6.04 Å². The van der Waals surface area contributed by atoms with E-state index in [-0.39, 0.29) is 18.2 Å². The number of fused-ring (bicyclic) bond motifs is 1. The van der Waals surface area contributed by atoms with E-state index in [4.69, 9.17) is 0 Å². The van der Waals surface area contributed by atoms with Gasteiger partial charge in [0, 0.05) is 64.8 Å². The number of imide groups is 1. The number of piperidine rings is 1. The van der Waals surface area contributed by atoms with Gasteiger partial charge in [-0.2, -0.15) is 0 Å². The summed E-state index contributed by atoms with van der Waals surface area (Å²) in [7, 11) is 0. The first-order valence-corrected chi connectivity index (χ1v) is 11.4. The van der Waals surface area contributed by atoms with Crippen LogP contribution in [0, 0.1) is 0 Å². The van der Waals surface area contributed by atoms with Crippen molar-refractivity contribution in [2.75, 3.05) is 39.3 Å². The summed E-state index contributed by atoms with van der Waals surface area (Å²) in [5.74, 6) is -1.22. The highest BCUT2D eigenvalue weighted by atomic mass is 16.2. The maximum atomic E-state index is 12.7. The van der Waals surface area contributed by atoms with E-state index >= 15 is 0 Å². The summed E-state index contributed by atoms with van der Waals surface area (Å²) >= 11 is 0. The summed E-state index contributed by atoms with van der Waals surface area (Å²) in [6.45, 7) is 7.36. The number of carbonyl (C=O) groups excluding carboxylic acids is 4. The molecule has 1 aromatic rings. The molecule has 2 unspecified atom stereocenters. The van der Waals surface area contributed by atoms with Crippen molar-refractivity contribution >= 4 is 23.9 Å². The molecule has 2 N–H and O–H groups in total. The number of aldehydes is 1. The van der Waals surface area contributed by atoms with Gasteiger partial charge in [-0.25, -0.2) is 0 Å². The minimum atomic E-state index is -0.770. The second-order valence-corrected chi connectivity index (χ2v) is 9.19. The lowest BCUT2D eigenvalue weighted by Gasteiger charge is -2.47. The van der Waals surface area contributed by atoms with Crippen molar-refractivity contribution in [2.45, 2.75) is 44.1 Å². The number of carbonyl (C=O) groups is 4. The van der Waals surface area contributed by atoms with Crippen molar-refractivity contribution in [3.05, 3.63) is 34.9 Å². The number of benzene rings is 1. The first kappa shape index (κ1) is 21.4. The molecule has 4 aliphatic rings. The molecule has 1 aromatic carbocycles. The molecule has 2 atom stereocenters. The number of Topliss-reactive ketones (excluding diaryl/α,β-unsaturated/α-hetero) is 1. The van der Waals surface area contributed by atoms with Crippen LogP contribution in [-0.4, -0.2) is 89.9 Å². The van der Waals surface area contributed by atoms with Crippen molar-refractivity contribution in [2.24, 2.45) is 0 Å². The van der Waals surface area contributed by atoms with E-state index in [2.05, 4.69) is 20.4 Å². The van der Waals surface area contributed by atoms with E-state index in [0.29, 0.717) is 25.3 Å². The van der Waals surface area contributed by atoms with Crippen LogP contribution >= 0.6 is 0 Å². The SMILES string of the molecule is O=CC(=O)C1c2c(CN3CC(N4CCNCC4)C3)cccc2CN1C1CCC(=O)NC1=O. The molecule has 9 nitrogen and oxygen atoms in total. The van der Waals surface area contributed by atoms with Crippen LogP contribution in [0.1, 0.15) is 35.6 Å². The van der Waals surface area contributed by atoms with Gasteiger partial charge in [-0.05, 0) is 23.1 Å². The molecule has 0 aromatic heterocycles. The minimum Gasteiger partial charge on any atom is -0.314 e. The number of amides is 2. The number of piperazine rings is 1. The van der Waals surface area contributed by atoms with Gasteiger partial charge in [-0.3, -0.25) is 39.2 Å². The maximum Gasteiger partial charge on any atom is 0.243 e. The Morgan fingerprint density at radius 3 is 2.66 bits per heavy atom. The van der Waals surface area contributed by atoms with Crippen molar-refractivity contribution in [3.63, 3.8) is 0 Å². The molecule has 4 aliphatic heterocycles. The number of nitrogens with zero attached hydrogens (tertiary/aromatic N) is 3. The fourth-order valence-corrected chi connectivity index (χ4v) is 5.60. The van der Waals surface area contributed by atoms with Crippen LogP contribution in [0.5, 0.6) is 0 Å². The quantitative estimate of drug-likeness (QED) is 0.338. The Bertz CT molecular complexity index is 938. The van der Waals surface area contributed by atoms with Gasteiger partial charge in [-0.1, -0.05) is 18.2 Å². The predicted molar refractivity (Wildman–Crippen MR) is 115 cm³/mol. The molecule has 0 bridgehead atoms. The molecule has 170 valence electrons. The molecule has 0 spiro atoms. The molecule has 0 saturated carbocycles. The fraction of sp³-hybridized carbons (Fsp3) is 0.565. The summed E-state index contributed by atoms with van der Waals surface area (Å²) in [6.07, 6.45) is 0.952. The third-order valence-corrected chi connectivity index (χ3v) is 7.24. The highest BCUT2D eigenvalue weighted by Crippen LogP contribution is 2.40. The largest absolute Gasteiger partial charge is 0.314 e. The topological polar surface area (TPSA) is 102 Å². The van der Waals surface area contributed by atoms with Crippen molar-refractivity contribution in [1.29, 1.82) is 0 Å². The fourth-order valence-electron chi connectivity index (χ4n) is 5.60. The molecular weight excluding hydrogens is 410 g/mol. The summed E-state index contributed by atoms with van der Waals surface area (Å²) in [5, 5.41) is 5.76. The lowest BCUT2D eigenvalue weighted by Crippen LogP contribution is -2.62. The highest BCUT2D eigenvalue weighted by Gasteiger charge is 2.44. The van der Waals surface area contributed by atoms with Crippen molar-refractivity contribution in [1.82, 2.24) is 25.3 Å². The van der Waals surface area contributed by atoms with Gasteiger partial charge in [-0.15, -0.1) is 0 Å². The normalized spacial score (nSPS) is 27.6. The van der Waals surface area contributed by atoms with E-state index in [9.17, 15) is 19.2 Å². The lowest BCUT2D eigenvalue weighted by molar-refractivity contribution is -0.141. The second kappa shape index (κ2) is 8.82. The van der Waals surface area contributed by atoms with Crippen LogP contribution in [0.15, 0.2) is 18.2 Å². The maximum absolute atomic E-state index is 12.7. The molecule has 2 amide bonds. The summed E-state index contributed by atoms with van der Waals surface area (Å²) in [5.41, 5.74) is 2.88. The molecule has 32 heavy (non-hydrogen) atoms. The van der Waals surface area contributed by atoms with Crippen LogP contribution in [0.2, 0.25) is 0 Å². The summed E-state index contributed by atoms with van der Waals surface area (Å²) in [6, 6.07) is 5.18. The minimum absolute atomic E-state index is 0.235. The van der Waals surface area contributed by atoms with E-state index < -0.39 is 17.9 Å². The van der Waals surface area contributed by atoms with E-state index in [0.717, 1.165) is 62.5 Å². The number of hydrogen-bond donors (Lipinski definition) is 2. The molecule has 4 heterocycles. The highest BCUT2D eigenvalue weighted by molar-refractivity contribution is 6.27. The molecular formula is C23H29N5O4. The number of hydrogen-bond acceptors (Lipinski definition) is 8. The monoisotopic (exact) mass is 439 g/mol. The number of ketones is 1. The van der Waals surface area contributed by atoms with Gasteiger partial charge in [0.25, 0.3) is 0 Å². The van der Waals surface area contributed by atoms with Crippen LogP contribution in [0.4, 0.5) is 0 Å². The molecule has 0 radical (unpaired) electrons. The lowest BCUT2D eigenvalue weighted by atomic mass is 9.93. The Hall–Kier alpha value is -2.46. The molecule has 5 rings (SSSR count). The summed E-state index contributed by atoms with van der Waals surface area (Å²) in [4.78, 5) is 55.1. The van der Waals surface area contributed by atoms with Crippen molar-refractivity contribution in [3.8, 4) is 0 Å². The van der Waals surface area contributed by atoms with Crippen LogP contribution in [0.3, 0.4) is 0 Å². The Morgan fingerprint density at radius 1 is 1.16 bits per heavy atom. The van der Waals surface area contributed by atoms with Gasteiger partial charge in [0.05, 0.1) is 6.04 Å². The van der Waals surface area contributed by atoms with E-state index in [1.54, 1.807) is 4.90 Å². The van der Waals surface area contributed by atoms with Gasteiger partial charge >= 0.3 is 0 Å². The Morgan fingerprint density at radius 2 is 1.94 bits per heavy atom. The van der Waals surface area contributed by atoms with E-state index in [1.165, 1.54) is 0 Å². The third-order valence-electron chi connectivity index (χ3n) is 7.24. The zero-order chi connectivity index (χ0) is 22.2. The Labute approximate surface area is 187 Å². The second-order valence-electron chi connectivity index (χ2n) is 9.19. The standard InChI is InChI=1S/C23H29N5O4/c29-14-19(30)22-21-15(10-26-12-17(13-26)27-8-6-24-7-9-27)2-1-3-16(21)11-28(22)18-4-5-20(31)25-23(18)32/h1-3,14,17-18,22,24H,4-13H2,(H,25,31,32).